The average Bonchev–Trinajstić information content (AvgIpc) is 2.46. The molecule has 0 aromatic rings. The highest BCUT2D eigenvalue weighted by Gasteiger charge is 2.31. The van der Waals surface area contributed by atoms with Crippen LogP contribution in [-0.2, 0) is 10.2 Å². The summed E-state index contributed by atoms with van der Waals surface area (Å²) >= 11 is 0. The SMILES string of the molecule is CCCCN(CC)S(=O)(=O)N1CCC(CNC(C)C)CC1. The smallest absolute Gasteiger partial charge is 0.281 e. The fraction of sp³-hybridized carbons (Fsp3) is 1.00. The van der Waals surface area contributed by atoms with Crippen LogP contribution in [0.4, 0.5) is 0 Å². The third-order valence-corrected chi connectivity index (χ3v) is 6.27. The topological polar surface area (TPSA) is 52.7 Å². The summed E-state index contributed by atoms with van der Waals surface area (Å²) in [6.45, 7) is 11.8. The maximum atomic E-state index is 12.6. The molecule has 0 aromatic heterocycles. The van der Waals surface area contributed by atoms with Crippen LogP contribution < -0.4 is 5.32 Å². The Bertz CT molecular complexity index is 376. The first kappa shape index (κ1) is 18.9. The van der Waals surface area contributed by atoms with Crippen molar-refractivity contribution in [1.29, 1.82) is 0 Å². The average molecular weight is 320 g/mol. The highest BCUT2D eigenvalue weighted by atomic mass is 32.2. The van der Waals surface area contributed by atoms with Gasteiger partial charge < -0.3 is 5.32 Å². The Morgan fingerprint density at radius 3 is 2.33 bits per heavy atom. The molecule has 1 rings (SSSR count). The van der Waals surface area contributed by atoms with Crippen LogP contribution in [-0.4, -0.2) is 55.8 Å². The van der Waals surface area contributed by atoms with E-state index in [1.54, 1.807) is 8.61 Å². The minimum atomic E-state index is -3.25. The van der Waals surface area contributed by atoms with E-state index in [9.17, 15) is 8.42 Å². The first-order valence-corrected chi connectivity index (χ1v) is 9.80. The first-order chi connectivity index (χ1) is 9.91. The molecule has 1 aliphatic rings. The zero-order valence-electron chi connectivity index (χ0n) is 14.1. The van der Waals surface area contributed by atoms with Gasteiger partial charge in [0.15, 0.2) is 0 Å². The molecule has 0 amide bonds. The van der Waals surface area contributed by atoms with Gasteiger partial charge in [0.2, 0.25) is 0 Å². The van der Waals surface area contributed by atoms with Crippen LogP contribution in [0.1, 0.15) is 53.4 Å². The lowest BCUT2D eigenvalue weighted by molar-refractivity contribution is 0.247. The van der Waals surface area contributed by atoms with E-state index in [0.29, 0.717) is 38.1 Å². The maximum Gasteiger partial charge on any atom is 0.281 e. The van der Waals surface area contributed by atoms with Crippen molar-refractivity contribution in [3.05, 3.63) is 0 Å². The van der Waals surface area contributed by atoms with Crippen LogP contribution in [0, 0.1) is 5.92 Å². The summed E-state index contributed by atoms with van der Waals surface area (Å²) in [5.74, 6) is 0.601. The highest BCUT2D eigenvalue weighted by molar-refractivity contribution is 7.86. The molecule has 0 radical (unpaired) electrons. The summed E-state index contributed by atoms with van der Waals surface area (Å²) in [6, 6.07) is 0.497. The molecule has 1 saturated heterocycles. The van der Waals surface area contributed by atoms with Crippen molar-refractivity contribution in [3.8, 4) is 0 Å². The van der Waals surface area contributed by atoms with E-state index >= 15 is 0 Å². The van der Waals surface area contributed by atoms with Gasteiger partial charge in [0.1, 0.15) is 0 Å². The second-order valence-electron chi connectivity index (χ2n) is 6.26. The van der Waals surface area contributed by atoms with Crippen molar-refractivity contribution in [2.75, 3.05) is 32.7 Å². The molecular weight excluding hydrogens is 286 g/mol. The van der Waals surface area contributed by atoms with Gasteiger partial charge in [0, 0.05) is 32.2 Å². The largest absolute Gasteiger partial charge is 0.314 e. The first-order valence-electron chi connectivity index (χ1n) is 8.40. The molecule has 1 N–H and O–H groups in total. The standard InChI is InChI=1S/C15H33N3O2S/c1-5-7-10-17(6-2)21(19,20)18-11-8-15(9-12-18)13-16-14(3)4/h14-16H,5-13H2,1-4H3. The Balaban J connectivity index is 2.51. The van der Waals surface area contributed by atoms with E-state index in [4.69, 9.17) is 0 Å². The van der Waals surface area contributed by atoms with Crippen molar-refractivity contribution in [1.82, 2.24) is 13.9 Å². The quantitative estimate of drug-likeness (QED) is 0.708. The summed E-state index contributed by atoms with van der Waals surface area (Å²) in [5.41, 5.74) is 0. The van der Waals surface area contributed by atoms with Gasteiger partial charge in [-0.15, -0.1) is 0 Å². The van der Waals surface area contributed by atoms with E-state index in [-0.39, 0.29) is 0 Å². The fourth-order valence-electron chi connectivity index (χ4n) is 2.68. The fourth-order valence-corrected chi connectivity index (χ4v) is 4.37. The van der Waals surface area contributed by atoms with Gasteiger partial charge in [0.05, 0.1) is 0 Å². The van der Waals surface area contributed by atoms with E-state index in [1.165, 1.54) is 0 Å². The van der Waals surface area contributed by atoms with E-state index in [1.807, 2.05) is 6.92 Å². The van der Waals surface area contributed by atoms with E-state index in [2.05, 4.69) is 26.1 Å². The molecule has 0 unspecified atom stereocenters. The van der Waals surface area contributed by atoms with Gasteiger partial charge in [-0.3, -0.25) is 0 Å². The zero-order valence-corrected chi connectivity index (χ0v) is 15.0. The van der Waals surface area contributed by atoms with Crippen molar-refractivity contribution < 1.29 is 8.42 Å². The van der Waals surface area contributed by atoms with Gasteiger partial charge in [0.25, 0.3) is 10.2 Å². The number of hydrogen-bond acceptors (Lipinski definition) is 3. The highest BCUT2D eigenvalue weighted by Crippen LogP contribution is 2.21. The molecular formula is C15H33N3O2S. The van der Waals surface area contributed by atoms with Crippen LogP contribution in [0.2, 0.25) is 0 Å². The molecule has 126 valence electrons. The van der Waals surface area contributed by atoms with Crippen molar-refractivity contribution in [2.45, 2.75) is 59.4 Å². The Kier molecular flexibility index (Phi) is 8.16. The van der Waals surface area contributed by atoms with Crippen LogP contribution in [0.3, 0.4) is 0 Å². The number of nitrogens with one attached hydrogen (secondary N) is 1. The van der Waals surface area contributed by atoms with Crippen LogP contribution in [0.5, 0.6) is 0 Å². The van der Waals surface area contributed by atoms with Crippen molar-refractivity contribution in [2.24, 2.45) is 5.92 Å². The molecule has 6 heteroatoms. The Labute approximate surface area is 131 Å². The van der Waals surface area contributed by atoms with Gasteiger partial charge in [-0.05, 0) is 31.7 Å². The molecule has 1 fully saturated rings. The summed E-state index contributed by atoms with van der Waals surface area (Å²) in [5, 5.41) is 3.45. The predicted octanol–water partition coefficient (Wildman–Crippen LogP) is 2.06. The maximum absolute atomic E-state index is 12.6. The Hall–Kier alpha value is -0.170. The normalized spacial score (nSPS) is 18.8. The number of hydrogen-bond donors (Lipinski definition) is 1. The van der Waals surface area contributed by atoms with E-state index < -0.39 is 10.2 Å². The van der Waals surface area contributed by atoms with Crippen LogP contribution >= 0.6 is 0 Å². The lowest BCUT2D eigenvalue weighted by Gasteiger charge is -2.35. The van der Waals surface area contributed by atoms with Crippen LogP contribution in [0.25, 0.3) is 0 Å². The molecule has 0 aromatic carbocycles. The second-order valence-corrected chi connectivity index (χ2v) is 8.19. The molecule has 5 nitrogen and oxygen atoms in total. The molecule has 0 spiro atoms. The third-order valence-electron chi connectivity index (χ3n) is 4.15. The molecule has 0 saturated carbocycles. The summed E-state index contributed by atoms with van der Waals surface area (Å²) < 4.78 is 28.6. The number of unbranched alkanes of at least 4 members (excludes halogenated alkanes) is 1. The van der Waals surface area contributed by atoms with E-state index in [0.717, 1.165) is 32.2 Å². The Morgan fingerprint density at radius 2 is 1.86 bits per heavy atom. The summed E-state index contributed by atoms with van der Waals surface area (Å²) in [7, 11) is -3.25. The van der Waals surface area contributed by atoms with Crippen molar-refractivity contribution in [3.63, 3.8) is 0 Å². The second kappa shape index (κ2) is 9.08. The molecule has 1 aliphatic heterocycles. The monoisotopic (exact) mass is 319 g/mol. The van der Waals surface area contributed by atoms with Gasteiger partial charge in [-0.25, -0.2) is 0 Å². The lowest BCUT2D eigenvalue weighted by atomic mass is 9.98. The molecule has 0 bridgehead atoms. The minimum Gasteiger partial charge on any atom is -0.314 e. The molecule has 0 atom stereocenters. The van der Waals surface area contributed by atoms with Gasteiger partial charge >= 0.3 is 0 Å². The minimum absolute atomic E-state index is 0.497. The number of nitrogens with zero attached hydrogens (tertiary/aromatic N) is 2. The third kappa shape index (κ3) is 5.85. The Morgan fingerprint density at radius 1 is 1.24 bits per heavy atom. The summed E-state index contributed by atoms with van der Waals surface area (Å²) in [6.07, 6.45) is 3.88. The molecule has 21 heavy (non-hydrogen) atoms. The predicted molar refractivity (Wildman–Crippen MR) is 88.5 cm³/mol. The molecule has 0 aliphatic carbocycles. The zero-order chi connectivity index (χ0) is 15.9. The van der Waals surface area contributed by atoms with Gasteiger partial charge in [-0.2, -0.15) is 17.0 Å². The van der Waals surface area contributed by atoms with Crippen LogP contribution in [0.15, 0.2) is 0 Å². The molecule has 1 heterocycles. The van der Waals surface area contributed by atoms with Crippen molar-refractivity contribution >= 4 is 10.2 Å². The number of piperidine rings is 1. The lowest BCUT2D eigenvalue weighted by Crippen LogP contribution is -2.48. The number of rotatable bonds is 9. The summed E-state index contributed by atoms with van der Waals surface area (Å²) in [4.78, 5) is 0. The van der Waals surface area contributed by atoms with Gasteiger partial charge in [-0.1, -0.05) is 34.1 Å².